The molecule has 0 aliphatic carbocycles. The van der Waals surface area contributed by atoms with Crippen LogP contribution in [0.5, 0.6) is 0 Å². The van der Waals surface area contributed by atoms with Crippen molar-refractivity contribution in [3.63, 3.8) is 0 Å². The molecule has 3 heterocycles. The highest BCUT2D eigenvalue weighted by molar-refractivity contribution is 5.75. The lowest BCUT2D eigenvalue weighted by atomic mass is 9.96. The summed E-state index contributed by atoms with van der Waals surface area (Å²) in [4.78, 5) is 16.2. The molecule has 1 aromatic carbocycles. The fourth-order valence-corrected chi connectivity index (χ4v) is 3.53. The largest absolute Gasteiger partial charge is 0.383 e. The number of ether oxygens (including phenoxy) is 1. The lowest BCUT2D eigenvalue weighted by molar-refractivity contribution is 0.185. The molecule has 0 unspecified atom stereocenters. The third-order valence-electron chi connectivity index (χ3n) is 4.90. The highest BCUT2D eigenvalue weighted by Gasteiger charge is 2.24. The minimum Gasteiger partial charge on any atom is -0.383 e. The number of methoxy groups -OCH3 is 1. The molecule has 0 amide bonds. The van der Waals surface area contributed by atoms with Crippen molar-refractivity contribution in [1.82, 2.24) is 19.5 Å². The zero-order valence-corrected chi connectivity index (χ0v) is 14.5. The predicted molar refractivity (Wildman–Crippen MR) is 97.8 cm³/mol. The van der Waals surface area contributed by atoms with Crippen LogP contribution in [-0.4, -0.2) is 46.3 Å². The lowest BCUT2D eigenvalue weighted by Gasteiger charge is -2.32. The van der Waals surface area contributed by atoms with Gasteiger partial charge in [-0.2, -0.15) is 0 Å². The van der Waals surface area contributed by atoms with Crippen molar-refractivity contribution in [2.24, 2.45) is 0 Å². The Bertz CT molecular complexity index is 838. The van der Waals surface area contributed by atoms with Crippen molar-refractivity contribution in [3.8, 4) is 0 Å². The monoisotopic (exact) mass is 337 g/mol. The second-order valence-corrected chi connectivity index (χ2v) is 6.45. The summed E-state index contributed by atoms with van der Waals surface area (Å²) in [6, 6.07) is 8.02. The Labute approximate surface area is 147 Å². The number of imidazole rings is 1. The highest BCUT2D eigenvalue weighted by atomic mass is 16.5. The van der Waals surface area contributed by atoms with Gasteiger partial charge in [0.15, 0.2) is 0 Å². The Morgan fingerprint density at radius 2 is 1.92 bits per heavy atom. The third kappa shape index (κ3) is 3.35. The number of piperidine rings is 1. The lowest BCUT2D eigenvalue weighted by Crippen LogP contribution is -2.34. The van der Waals surface area contributed by atoms with Gasteiger partial charge >= 0.3 is 0 Å². The molecule has 0 radical (unpaired) electrons. The summed E-state index contributed by atoms with van der Waals surface area (Å²) in [5.74, 6) is 2.65. The standard InChI is InChI=1S/C19H23N5O/c1-25-13-12-24-11-8-20-19(24)15-6-9-23(10-7-15)18-14-21-16-4-2-3-5-17(16)22-18/h2-5,8,11,14-15H,6-7,9-10,12-13H2,1H3. The molecule has 25 heavy (non-hydrogen) atoms. The van der Waals surface area contributed by atoms with Crippen molar-refractivity contribution in [3.05, 3.63) is 48.7 Å². The van der Waals surface area contributed by atoms with Gasteiger partial charge in [-0.15, -0.1) is 0 Å². The zero-order chi connectivity index (χ0) is 17.1. The van der Waals surface area contributed by atoms with E-state index in [0.29, 0.717) is 5.92 Å². The minimum atomic E-state index is 0.497. The van der Waals surface area contributed by atoms with Gasteiger partial charge in [-0.1, -0.05) is 12.1 Å². The first-order chi connectivity index (χ1) is 12.3. The molecule has 1 fully saturated rings. The van der Waals surface area contributed by atoms with Crippen LogP contribution in [0.1, 0.15) is 24.6 Å². The van der Waals surface area contributed by atoms with Crippen molar-refractivity contribution in [1.29, 1.82) is 0 Å². The number of nitrogens with zero attached hydrogens (tertiary/aromatic N) is 5. The van der Waals surface area contributed by atoms with Crippen LogP contribution in [-0.2, 0) is 11.3 Å². The second-order valence-electron chi connectivity index (χ2n) is 6.45. The molecule has 2 aromatic heterocycles. The van der Waals surface area contributed by atoms with Gasteiger partial charge in [0.25, 0.3) is 0 Å². The summed E-state index contributed by atoms with van der Waals surface area (Å²) >= 11 is 0. The van der Waals surface area contributed by atoms with E-state index >= 15 is 0 Å². The first kappa shape index (κ1) is 16.0. The molecule has 130 valence electrons. The predicted octanol–water partition coefficient (Wildman–Crippen LogP) is 2.86. The van der Waals surface area contributed by atoms with Gasteiger partial charge in [-0.05, 0) is 25.0 Å². The maximum absolute atomic E-state index is 5.20. The molecule has 1 saturated heterocycles. The Kier molecular flexibility index (Phi) is 4.61. The summed E-state index contributed by atoms with van der Waals surface area (Å²) < 4.78 is 7.42. The molecular formula is C19H23N5O. The van der Waals surface area contributed by atoms with E-state index in [2.05, 4.69) is 25.6 Å². The topological polar surface area (TPSA) is 56.1 Å². The van der Waals surface area contributed by atoms with Crippen LogP contribution in [0, 0.1) is 0 Å². The normalized spacial score (nSPS) is 15.8. The van der Waals surface area contributed by atoms with Gasteiger partial charge in [0.1, 0.15) is 11.6 Å². The van der Waals surface area contributed by atoms with Crippen molar-refractivity contribution < 1.29 is 4.74 Å². The Morgan fingerprint density at radius 3 is 2.72 bits per heavy atom. The molecule has 4 rings (SSSR count). The molecule has 1 aliphatic rings. The van der Waals surface area contributed by atoms with Crippen LogP contribution in [0.15, 0.2) is 42.9 Å². The summed E-state index contributed by atoms with van der Waals surface area (Å²) in [5, 5.41) is 0. The van der Waals surface area contributed by atoms with Gasteiger partial charge in [0, 0.05) is 45.1 Å². The van der Waals surface area contributed by atoms with E-state index in [1.807, 2.05) is 36.7 Å². The first-order valence-corrected chi connectivity index (χ1v) is 8.82. The van der Waals surface area contributed by atoms with Gasteiger partial charge in [0.2, 0.25) is 0 Å². The molecular weight excluding hydrogens is 314 g/mol. The third-order valence-corrected chi connectivity index (χ3v) is 4.90. The average Bonchev–Trinajstić information content (AvgIpc) is 3.14. The van der Waals surface area contributed by atoms with E-state index in [1.54, 1.807) is 7.11 Å². The number of hydrogen-bond donors (Lipinski definition) is 0. The second kappa shape index (κ2) is 7.19. The SMILES string of the molecule is COCCn1ccnc1C1CCN(c2cnc3ccccc3n2)CC1. The molecule has 0 saturated carbocycles. The molecule has 6 heteroatoms. The molecule has 0 bridgehead atoms. The molecule has 1 aliphatic heterocycles. The number of para-hydroxylation sites is 2. The minimum absolute atomic E-state index is 0.497. The van der Waals surface area contributed by atoms with Crippen LogP contribution in [0.4, 0.5) is 5.82 Å². The van der Waals surface area contributed by atoms with Crippen molar-refractivity contribution in [2.45, 2.75) is 25.3 Å². The van der Waals surface area contributed by atoms with E-state index in [0.717, 1.165) is 55.9 Å². The highest BCUT2D eigenvalue weighted by Crippen LogP contribution is 2.29. The molecule has 0 spiro atoms. The number of benzene rings is 1. The summed E-state index contributed by atoms with van der Waals surface area (Å²) in [6.45, 7) is 3.54. The maximum Gasteiger partial charge on any atom is 0.147 e. The van der Waals surface area contributed by atoms with Gasteiger partial charge < -0.3 is 14.2 Å². The summed E-state index contributed by atoms with van der Waals surface area (Å²) in [6.07, 6.45) is 8.00. The Hall–Kier alpha value is -2.47. The van der Waals surface area contributed by atoms with E-state index in [1.165, 1.54) is 5.82 Å². The zero-order valence-electron chi connectivity index (χ0n) is 14.5. The smallest absolute Gasteiger partial charge is 0.147 e. The van der Waals surface area contributed by atoms with Crippen LogP contribution in [0.2, 0.25) is 0 Å². The van der Waals surface area contributed by atoms with Crippen LogP contribution < -0.4 is 4.90 Å². The van der Waals surface area contributed by atoms with Crippen LogP contribution in [0.25, 0.3) is 11.0 Å². The molecule has 0 N–H and O–H groups in total. The Balaban J connectivity index is 1.45. The van der Waals surface area contributed by atoms with E-state index in [4.69, 9.17) is 9.72 Å². The quantitative estimate of drug-likeness (QED) is 0.716. The van der Waals surface area contributed by atoms with Gasteiger partial charge in [0.05, 0.1) is 23.8 Å². The maximum atomic E-state index is 5.20. The van der Waals surface area contributed by atoms with Gasteiger partial charge in [-0.3, -0.25) is 4.98 Å². The van der Waals surface area contributed by atoms with E-state index < -0.39 is 0 Å². The number of aromatic nitrogens is 4. The summed E-state index contributed by atoms with van der Waals surface area (Å²) in [7, 11) is 1.74. The summed E-state index contributed by atoms with van der Waals surface area (Å²) in [5.41, 5.74) is 1.90. The molecule has 3 aromatic rings. The number of fused-ring (bicyclic) bond motifs is 1. The van der Waals surface area contributed by atoms with Crippen LogP contribution >= 0.6 is 0 Å². The van der Waals surface area contributed by atoms with Crippen molar-refractivity contribution >= 4 is 16.9 Å². The van der Waals surface area contributed by atoms with E-state index in [9.17, 15) is 0 Å². The number of anilines is 1. The molecule has 6 nitrogen and oxygen atoms in total. The van der Waals surface area contributed by atoms with Crippen molar-refractivity contribution in [2.75, 3.05) is 31.7 Å². The average molecular weight is 337 g/mol. The van der Waals surface area contributed by atoms with Gasteiger partial charge in [-0.25, -0.2) is 9.97 Å². The Morgan fingerprint density at radius 1 is 1.12 bits per heavy atom. The fourth-order valence-electron chi connectivity index (χ4n) is 3.53. The molecule has 0 atom stereocenters. The number of rotatable bonds is 5. The fraction of sp³-hybridized carbons (Fsp3) is 0.421. The first-order valence-electron chi connectivity index (χ1n) is 8.82. The van der Waals surface area contributed by atoms with Crippen LogP contribution in [0.3, 0.4) is 0 Å². The number of hydrogen-bond acceptors (Lipinski definition) is 5. The van der Waals surface area contributed by atoms with E-state index in [-0.39, 0.29) is 0 Å².